The lowest BCUT2D eigenvalue weighted by Crippen LogP contribution is -2.21. The van der Waals surface area contributed by atoms with Crippen molar-refractivity contribution in [2.75, 3.05) is 25.0 Å². The summed E-state index contributed by atoms with van der Waals surface area (Å²) in [6.07, 6.45) is 5.38. The zero-order chi connectivity index (χ0) is 13.7. The molecule has 0 amide bonds. The third-order valence-electron chi connectivity index (χ3n) is 2.93. The summed E-state index contributed by atoms with van der Waals surface area (Å²) in [6, 6.07) is 1.31. The van der Waals surface area contributed by atoms with Gasteiger partial charge in [-0.3, -0.25) is 10.1 Å². The molecular weight excluding hydrogens is 268 g/mol. The molecule has 1 aliphatic heterocycles. The van der Waals surface area contributed by atoms with Gasteiger partial charge in [-0.25, -0.2) is 4.98 Å². The van der Waals surface area contributed by atoms with E-state index in [4.69, 9.17) is 11.6 Å². The Morgan fingerprint density at radius 1 is 1.58 bits per heavy atom. The minimum Gasteiger partial charge on any atom is -0.369 e. The number of hydrogen-bond donors (Lipinski definition) is 2. The van der Waals surface area contributed by atoms with Crippen LogP contribution >= 0.6 is 11.6 Å². The van der Waals surface area contributed by atoms with Crippen LogP contribution in [0.25, 0.3) is 0 Å². The molecule has 0 aliphatic carbocycles. The average Bonchev–Trinajstić information content (AvgIpc) is 2.41. The lowest BCUT2D eigenvalue weighted by atomic mass is 10.1. The lowest BCUT2D eigenvalue weighted by molar-refractivity contribution is -0.385. The number of halogens is 1. The first-order valence-electron chi connectivity index (χ1n) is 6.09. The Labute approximate surface area is 116 Å². The molecular formula is C12H15ClN4O2. The number of pyridine rings is 1. The molecule has 0 aromatic carbocycles. The molecule has 0 bridgehead atoms. The van der Waals surface area contributed by atoms with Crippen LogP contribution in [-0.4, -0.2) is 29.5 Å². The van der Waals surface area contributed by atoms with E-state index in [1.54, 1.807) is 0 Å². The Bertz CT molecular complexity index is 505. The van der Waals surface area contributed by atoms with E-state index in [1.807, 2.05) is 0 Å². The lowest BCUT2D eigenvalue weighted by Gasteiger charge is -2.14. The molecule has 0 radical (unpaired) electrons. The van der Waals surface area contributed by atoms with E-state index in [0.717, 1.165) is 32.5 Å². The molecule has 1 aromatic heterocycles. The van der Waals surface area contributed by atoms with Crippen LogP contribution in [0, 0.1) is 10.1 Å². The highest BCUT2D eigenvalue weighted by Crippen LogP contribution is 2.24. The second-order valence-corrected chi connectivity index (χ2v) is 4.68. The van der Waals surface area contributed by atoms with Crippen molar-refractivity contribution in [2.45, 2.75) is 12.8 Å². The van der Waals surface area contributed by atoms with E-state index in [0.29, 0.717) is 5.82 Å². The highest BCUT2D eigenvalue weighted by atomic mass is 35.5. The van der Waals surface area contributed by atoms with Crippen molar-refractivity contribution in [3.63, 3.8) is 0 Å². The highest BCUT2D eigenvalue weighted by Gasteiger charge is 2.10. The summed E-state index contributed by atoms with van der Waals surface area (Å²) >= 11 is 5.94. The zero-order valence-electron chi connectivity index (χ0n) is 10.4. The van der Waals surface area contributed by atoms with Crippen molar-refractivity contribution < 1.29 is 4.92 Å². The summed E-state index contributed by atoms with van der Waals surface area (Å²) in [7, 11) is 0. The summed E-state index contributed by atoms with van der Waals surface area (Å²) in [5, 5.41) is 17.2. The van der Waals surface area contributed by atoms with Gasteiger partial charge in [-0.15, -0.1) is 0 Å². The van der Waals surface area contributed by atoms with Crippen molar-refractivity contribution >= 4 is 23.1 Å². The van der Waals surface area contributed by atoms with Gasteiger partial charge in [-0.2, -0.15) is 0 Å². The molecule has 6 nitrogen and oxygen atoms in total. The van der Waals surface area contributed by atoms with Crippen LogP contribution in [0.5, 0.6) is 0 Å². The van der Waals surface area contributed by atoms with Crippen LogP contribution in [0.15, 0.2) is 23.9 Å². The number of nitrogens with one attached hydrogen (secondary N) is 2. The van der Waals surface area contributed by atoms with Gasteiger partial charge in [0.05, 0.1) is 9.95 Å². The molecule has 7 heteroatoms. The predicted octanol–water partition coefficient (Wildman–Crippen LogP) is 2.36. The number of rotatable bonds is 5. The Morgan fingerprint density at radius 3 is 3.05 bits per heavy atom. The first-order valence-corrected chi connectivity index (χ1v) is 6.47. The van der Waals surface area contributed by atoms with E-state index < -0.39 is 4.92 Å². The second-order valence-electron chi connectivity index (χ2n) is 4.27. The van der Waals surface area contributed by atoms with Gasteiger partial charge in [0.1, 0.15) is 12.0 Å². The summed E-state index contributed by atoms with van der Waals surface area (Å²) in [4.78, 5) is 14.0. The summed E-state index contributed by atoms with van der Waals surface area (Å²) in [5.74, 6) is 0.488. The van der Waals surface area contributed by atoms with Gasteiger partial charge in [-0.05, 0) is 19.4 Å². The van der Waals surface area contributed by atoms with Gasteiger partial charge >= 0.3 is 0 Å². The van der Waals surface area contributed by atoms with E-state index in [9.17, 15) is 10.1 Å². The average molecular weight is 283 g/mol. The molecule has 1 aromatic rings. The fraction of sp³-hybridized carbons (Fsp3) is 0.417. The van der Waals surface area contributed by atoms with Gasteiger partial charge in [0.25, 0.3) is 5.69 Å². The van der Waals surface area contributed by atoms with E-state index in [1.165, 1.54) is 17.8 Å². The molecule has 102 valence electrons. The van der Waals surface area contributed by atoms with Gasteiger partial charge in [0.2, 0.25) is 0 Å². The maximum Gasteiger partial charge on any atom is 0.289 e. The molecule has 19 heavy (non-hydrogen) atoms. The van der Waals surface area contributed by atoms with Crippen molar-refractivity contribution in [3.05, 3.63) is 39.0 Å². The Hall–Kier alpha value is -1.66. The van der Waals surface area contributed by atoms with E-state index >= 15 is 0 Å². The van der Waals surface area contributed by atoms with Crippen LogP contribution < -0.4 is 10.6 Å². The van der Waals surface area contributed by atoms with Crippen molar-refractivity contribution in [1.29, 1.82) is 0 Å². The van der Waals surface area contributed by atoms with Gasteiger partial charge < -0.3 is 10.6 Å². The quantitative estimate of drug-likeness (QED) is 0.492. The van der Waals surface area contributed by atoms with Gasteiger partial charge in [0.15, 0.2) is 0 Å². The highest BCUT2D eigenvalue weighted by molar-refractivity contribution is 6.33. The fourth-order valence-corrected chi connectivity index (χ4v) is 2.12. The van der Waals surface area contributed by atoms with Gasteiger partial charge in [0, 0.05) is 19.2 Å². The SMILES string of the molecule is O=[N+]([O-])c1cnc(NCCC2=CCNCC2)c(Cl)c1. The second kappa shape index (κ2) is 6.49. The van der Waals surface area contributed by atoms with Crippen LogP contribution in [0.4, 0.5) is 11.5 Å². The molecule has 0 saturated carbocycles. The van der Waals surface area contributed by atoms with Crippen molar-refractivity contribution in [1.82, 2.24) is 10.3 Å². The summed E-state index contributed by atoms with van der Waals surface area (Å²) in [6.45, 7) is 2.66. The molecule has 0 fully saturated rings. The Kier molecular flexibility index (Phi) is 4.70. The minimum atomic E-state index is -0.511. The monoisotopic (exact) mass is 282 g/mol. The van der Waals surface area contributed by atoms with Crippen molar-refractivity contribution in [3.8, 4) is 0 Å². The molecule has 1 aliphatic rings. The molecule has 0 saturated heterocycles. The number of hydrogen-bond acceptors (Lipinski definition) is 5. The normalized spacial score (nSPS) is 14.9. The number of aromatic nitrogens is 1. The van der Waals surface area contributed by atoms with Crippen LogP contribution in [0.1, 0.15) is 12.8 Å². The van der Waals surface area contributed by atoms with Crippen molar-refractivity contribution in [2.24, 2.45) is 0 Å². The van der Waals surface area contributed by atoms with Crippen LogP contribution in [0.3, 0.4) is 0 Å². The van der Waals surface area contributed by atoms with E-state index in [-0.39, 0.29) is 10.7 Å². The first-order chi connectivity index (χ1) is 9.16. The molecule has 0 spiro atoms. The largest absolute Gasteiger partial charge is 0.369 e. The fourth-order valence-electron chi connectivity index (χ4n) is 1.90. The molecule has 2 N–H and O–H groups in total. The standard InChI is InChI=1S/C12H15ClN4O2/c13-11-7-10(17(18)19)8-16-12(11)15-6-3-9-1-4-14-5-2-9/h1,7-8,14H,2-6H2,(H,15,16). The summed E-state index contributed by atoms with van der Waals surface area (Å²) in [5.41, 5.74) is 1.31. The smallest absolute Gasteiger partial charge is 0.289 e. The van der Waals surface area contributed by atoms with E-state index in [2.05, 4.69) is 21.7 Å². The predicted molar refractivity (Wildman–Crippen MR) is 74.6 cm³/mol. The Morgan fingerprint density at radius 2 is 2.42 bits per heavy atom. The minimum absolute atomic E-state index is 0.100. The maximum atomic E-state index is 10.6. The third-order valence-corrected chi connectivity index (χ3v) is 3.22. The molecule has 2 heterocycles. The zero-order valence-corrected chi connectivity index (χ0v) is 11.1. The first kappa shape index (κ1) is 13.8. The summed E-state index contributed by atoms with van der Waals surface area (Å²) < 4.78 is 0. The number of nitrogens with zero attached hydrogens (tertiary/aromatic N) is 2. The van der Waals surface area contributed by atoms with Crippen LogP contribution in [0.2, 0.25) is 5.02 Å². The number of anilines is 1. The molecule has 0 unspecified atom stereocenters. The molecule has 2 rings (SSSR count). The third kappa shape index (κ3) is 3.90. The van der Waals surface area contributed by atoms with Crippen LogP contribution in [-0.2, 0) is 0 Å². The van der Waals surface area contributed by atoms with Gasteiger partial charge in [-0.1, -0.05) is 23.3 Å². The number of nitro groups is 1. The Balaban J connectivity index is 1.89. The topological polar surface area (TPSA) is 80.1 Å². The maximum absolute atomic E-state index is 10.6. The molecule has 0 atom stereocenters.